The Bertz CT molecular complexity index is 334. The van der Waals surface area contributed by atoms with Crippen LogP contribution in [0.3, 0.4) is 0 Å². The summed E-state index contributed by atoms with van der Waals surface area (Å²) in [6, 6.07) is 8.63. The van der Waals surface area contributed by atoms with Crippen LogP contribution in [0.5, 0.6) is 5.75 Å². The standard InChI is InChI=1S/C13H19NOS/c1-16-13-5-3-2-4-12(13)15-11-8-6-10(14)7-9-11/h2-5,10-11H,6-9,14H2,1H3. The fourth-order valence-corrected chi connectivity index (χ4v) is 2.63. The van der Waals surface area contributed by atoms with Crippen molar-refractivity contribution in [3.05, 3.63) is 24.3 Å². The third-order valence-corrected chi connectivity index (χ3v) is 3.86. The van der Waals surface area contributed by atoms with Gasteiger partial charge in [-0.05, 0) is 44.1 Å². The van der Waals surface area contributed by atoms with E-state index in [-0.39, 0.29) is 0 Å². The number of benzene rings is 1. The molecule has 2 N–H and O–H groups in total. The lowest BCUT2D eigenvalue weighted by atomic mass is 9.94. The summed E-state index contributed by atoms with van der Waals surface area (Å²) in [5, 5.41) is 0. The highest BCUT2D eigenvalue weighted by atomic mass is 32.2. The average molecular weight is 237 g/mol. The van der Waals surface area contributed by atoms with Gasteiger partial charge in [0.2, 0.25) is 0 Å². The highest BCUT2D eigenvalue weighted by Gasteiger charge is 2.20. The Kier molecular flexibility index (Phi) is 4.13. The van der Waals surface area contributed by atoms with E-state index in [0.29, 0.717) is 12.1 Å². The predicted octanol–water partition coefficient (Wildman–Crippen LogP) is 3.06. The van der Waals surface area contributed by atoms with Crippen molar-refractivity contribution in [2.24, 2.45) is 5.73 Å². The molecule has 2 nitrogen and oxygen atoms in total. The molecule has 1 aromatic carbocycles. The van der Waals surface area contributed by atoms with Gasteiger partial charge < -0.3 is 10.5 Å². The first-order valence-electron chi connectivity index (χ1n) is 5.85. The molecule has 0 atom stereocenters. The van der Waals surface area contributed by atoms with Gasteiger partial charge in [0.15, 0.2) is 0 Å². The van der Waals surface area contributed by atoms with Crippen molar-refractivity contribution in [2.75, 3.05) is 6.26 Å². The van der Waals surface area contributed by atoms with Crippen LogP contribution in [0.1, 0.15) is 25.7 Å². The molecule has 2 rings (SSSR count). The molecule has 1 aliphatic rings. The maximum absolute atomic E-state index is 6.05. The van der Waals surface area contributed by atoms with Crippen LogP contribution in [0.4, 0.5) is 0 Å². The molecule has 1 aliphatic carbocycles. The van der Waals surface area contributed by atoms with Crippen molar-refractivity contribution in [1.82, 2.24) is 0 Å². The van der Waals surface area contributed by atoms with Crippen LogP contribution in [0.15, 0.2) is 29.2 Å². The molecule has 1 saturated carbocycles. The van der Waals surface area contributed by atoms with Gasteiger partial charge in [0.05, 0.1) is 6.10 Å². The molecule has 16 heavy (non-hydrogen) atoms. The molecular formula is C13H19NOS. The Hall–Kier alpha value is -0.670. The van der Waals surface area contributed by atoms with Crippen molar-refractivity contribution in [2.45, 2.75) is 42.7 Å². The molecule has 0 radical (unpaired) electrons. The van der Waals surface area contributed by atoms with Crippen molar-refractivity contribution >= 4 is 11.8 Å². The number of ether oxygens (including phenoxy) is 1. The number of hydrogen-bond donors (Lipinski definition) is 1. The van der Waals surface area contributed by atoms with Gasteiger partial charge in [-0.25, -0.2) is 0 Å². The Balaban J connectivity index is 1.98. The molecule has 88 valence electrons. The van der Waals surface area contributed by atoms with Crippen LogP contribution in [-0.2, 0) is 0 Å². The third-order valence-electron chi connectivity index (χ3n) is 3.08. The SMILES string of the molecule is CSc1ccccc1OC1CCC(N)CC1. The quantitative estimate of drug-likeness (QED) is 0.821. The zero-order valence-electron chi connectivity index (χ0n) is 9.69. The summed E-state index contributed by atoms with van der Waals surface area (Å²) in [6.45, 7) is 0. The summed E-state index contributed by atoms with van der Waals surface area (Å²) in [4.78, 5) is 1.22. The molecule has 0 aliphatic heterocycles. The average Bonchev–Trinajstić information content (AvgIpc) is 2.33. The summed E-state index contributed by atoms with van der Waals surface area (Å²) in [7, 11) is 0. The zero-order valence-corrected chi connectivity index (χ0v) is 10.5. The van der Waals surface area contributed by atoms with E-state index in [1.165, 1.54) is 4.90 Å². The van der Waals surface area contributed by atoms with E-state index in [1.54, 1.807) is 11.8 Å². The van der Waals surface area contributed by atoms with Crippen molar-refractivity contribution < 1.29 is 4.74 Å². The van der Waals surface area contributed by atoms with Crippen LogP contribution in [0.25, 0.3) is 0 Å². The largest absolute Gasteiger partial charge is 0.489 e. The molecule has 0 bridgehead atoms. The molecule has 0 saturated heterocycles. The highest BCUT2D eigenvalue weighted by molar-refractivity contribution is 7.98. The zero-order chi connectivity index (χ0) is 11.4. The molecule has 1 aromatic rings. The lowest BCUT2D eigenvalue weighted by molar-refractivity contribution is 0.143. The molecule has 0 spiro atoms. The second-order valence-corrected chi connectivity index (χ2v) is 5.15. The molecule has 3 heteroatoms. The maximum atomic E-state index is 6.05. The van der Waals surface area contributed by atoms with Crippen LogP contribution < -0.4 is 10.5 Å². The van der Waals surface area contributed by atoms with E-state index in [4.69, 9.17) is 10.5 Å². The monoisotopic (exact) mass is 237 g/mol. The Morgan fingerprint density at radius 2 is 1.88 bits per heavy atom. The topological polar surface area (TPSA) is 35.2 Å². The second-order valence-electron chi connectivity index (χ2n) is 4.31. The fraction of sp³-hybridized carbons (Fsp3) is 0.538. The Morgan fingerprint density at radius 3 is 2.56 bits per heavy atom. The number of nitrogens with two attached hydrogens (primary N) is 1. The van der Waals surface area contributed by atoms with E-state index >= 15 is 0 Å². The van der Waals surface area contributed by atoms with Gasteiger partial charge in [0.25, 0.3) is 0 Å². The number of thioether (sulfide) groups is 1. The molecule has 0 amide bonds. The van der Waals surface area contributed by atoms with Crippen LogP contribution in [0, 0.1) is 0 Å². The molecule has 0 aromatic heterocycles. The van der Waals surface area contributed by atoms with Gasteiger partial charge in [-0.15, -0.1) is 11.8 Å². The minimum absolute atomic E-state index is 0.355. The highest BCUT2D eigenvalue weighted by Crippen LogP contribution is 2.30. The predicted molar refractivity (Wildman–Crippen MR) is 69.1 cm³/mol. The van der Waals surface area contributed by atoms with Crippen LogP contribution >= 0.6 is 11.8 Å². The minimum Gasteiger partial charge on any atom is -0.489 e. The second kappa shape index (κ2) is 5.60. The van der Waals surface area contributed by atoms with Crippen LogP contribution in [0.2, 0.25) is 0 Å². The Morgan fingerprint density at radius 1 is 1.19 bits per heavy atom. The summed E-state index contributed by atoms with van der Waals surface area (Å²) in [6.07, 6.45) is 6.79. The van der Waals surface area contributed by atoms with E-state index in [1.807, 2.05) is 6.07 Å². The number of hydrogen-bond acceptors (Lipinski definition) is 3. The summed E-state index contributed by atoms with van der Waals surface area (Å²) in [5.41, 5.74) is 5.89. The molecule has 0 heterocycles. The van der Waals surface area contributed by atoms with Crippen molar-refractivity contribution in [3.63, 3.8) is 0 Å². The molecular weight excluding hydrogens is 218 g/mol. The van der Waals surface area contributed by atoms with Gasteiger partial charge in [0.1, 0.15) is 5.75 Å². The van der Waals surface area contributed by atoms with Gasteiger partial charge in [-0.3, -0.25) is 0 Å². The lowest BCUT2D eigenvalue weighted by Crippen LogP contribution is -2.31. The van der Waals surface area contributed by atoms with Gasteiger partial charge in [-0.2, -0.15) is 0 Å². The summed E-state index contributed by atoms with van der Waals surface area (Å²) < 4.78 is 6.05. The van der Waals surface area contributed by atoms with E-state index in [2.05, 4.69) is 24.5 Å². The van der Waals surface area contributed by atoms with Gasteiger partial charge in [-0.1, -0.05) is 12.1 Å². The number of para-hydroxylation sites is 1. The first kappa shape index (κ1) is 11.8. The van der Waals surface area contributed by atoms with Crippen LogP contribution in [-0.4, -0.2) is 18.4 Å². The van der Waals surface area contributed by atoms with E-state index in [0.717, 1.165) is 31.4 Å². The minimum atomic E-state index is 0.355. The molecule has 0 unspecified atom stereocenters. The summed E-state index contributed by atoms with van der Waals surface area (Å²) in [5.74, 6) is 1.02. The fourth-order valence-electron chi connectivity index (χ4n) is 2.10. The Labute approximate surface area is 102 Å². The maximum Gasteiger partial charge on any atom is 0.133 e. The van der Waals surface area contributed by atoms with Gasteiger partial charge >= 0.3 is 0 Å². The molecule has 1 fully saturated rings. The lowest BCUT2D eigenvalue weighted by Gasteiger charge is -2.27. The third kappa shape index (κ3) is 2.92. The smallest absolute Gasteiger partial charge is 0.133 e. The van der Waals surface area contributed by atoms with E-state index < -0.39 is 0 Å². The van der Waals surface area contributed by atoms with Crippen molar-refractivity contribution in [1.29, 1.82) is 0 Å². The van der Waals surface area contributed by atoms with Crippen molar-refractivity contribution in [3.8, 4) is 5.75 Å². The van der Waals surface area contributed by atoms with Gasteiger partial charge in [0, 0.05) is 10.9 Å². The normalized spacial score (nSPS) is 25.4. The number of rotatable bonds is 3. The first-order valence-corrected chi connectivity index (χ1v) is 7.07. The summed E-state index contributed by atoms with van der Waals surface area (Å²) >= 11 is 1.73. The first-order chi connectivity index (χ1) is 7.79. The van der Waals surface area contributed by atoms with E-state index in [9.17, 15) is 0 Å².